The Bertz CT molecular complexity index is 759. The van der Waals surface area contributed by atoms with Crippen LogP contribution in [0.25, 0.3) is 0 Å². The number of anilines is 2. The Kier molecular flexibility index (Phi) is 8.15. The predicted octanol–water partition coefficient (Wildman–Crippen LogP) is 3.77. The van der Waals surface area contributed by atoms with Crippen molar-refractivity contribution in [3.8, 4) is 0 Å². The molecule has 2 aromatic rings. The highest BCUT2D eigenvalue weighted by Gasteiger charge is 2.20. The third-order valence-corrected chi connectivity index (χ3v) is 6.20. The topological polar surface area (TPSA) is 71.1 Å². The molecule has 0 fully saturated rings. The number of aryl methyl sites for hydroxylation is 1. The number of fused-ring (bicyclic) bond motifs is 1. The molecule has 2 N–H and O–H groups in total. The normalized spacial score (nSPS) is 14.3. The van der Waals surface area contributed by atoms with Gasteiger partial charge in [-0.2, -0.15) is 0 Å². The van der Waals surface area contributed by atoms with Gasteiger partial charge in [-0.1, -0.05) is 6.07 Å². The lowest BCUT2D eigenvalue weighted by molar-refractivity contribution is 0.605. The first-order chi connectivity index (χ1) is 10.6. The van der Waals surface area contributed by atoms with Crippen LogP contribution >= 0.6 is 36.6 Å². The number of hydrogen-bond acceptors (Lipinski definition) is 5. The molecular formula is C15H19Cl2N3O2S2. The summed E-state index contributed by atoms with van der Waals surface area (Å²) in [5.74, 6) is 0. The second-order valence-corrected chi connectivity index (χ2v) is 8.19. The van der Waals surface area contributed by atoms with E-state index in [9.17, 15) is 8.42 Å². The molecule has 0 radical (unpaired) electrons. The monoisotopic (exact) mass is 407 g/mol. The molecule has 0 aliphatic carbocycles. The van der Waals surface area contributed by atoms with Gasteiger partial charge in [-0.25, -0.2) is 8.42 Å². The number of nitrogens with zero attached hydrogens (tertiary/aromatic N) is 1. The zero-order valence-electron chi connectivity index (χ0n) is 12.8. The predicted molar refractivity (Wildman–Crippen MR) is 105 cm³/mol. The van der Waals surface area contributed by atoms with Gasteiger partial charge in [0.25, 0.3) is 0 Å². The molecule has 0 saturated heterocycles. The number of sulfonamides is 1. The SMILES string of the molecule is Cl.Cl.O=S1(=O)CSc2cc(NCCCc3cccnc3)ccc2N1. The molecule has 132 valence electrons. The molecule has 0 bridgehead atoms. The van der Waals surface area contributed by atoms with Gasteiger partial charge in [-0.05, 0) is 42.7 Å². The van der Waals surface area contributed by atoms with E-state index >= 15 is 0 Å². The standard InChI is InChI=1S/C15H17N3O2S2.2ClH/c19-22(20)11-21-15-9-13(5-6-14(15)18-22)17-8-2-4-12-3-1-7-16-10-12;;/h1,3,5-7,9-10,17-18H,2,4,8,11H2;2*1H. The number of thioether (sulfide) groups is 1. The quantitative estimate of drug-likeness (QED) is 0.737. The van der Waals surface area contributed by atoms with Crippen LogP contribution in [0.1, 0.15) is 12.0 Å². The third-order valence-electron chi connectivity index (χ3n) is 3.31. The van der Waals surface area contributed by atoms with E-state index in [1.807, 2.05) is 30.5 Å². The molecule has 0 spiro atoms. The van der Waals surface area contributed by atoms with Gasteiger partial charge in [0.05, 0.1) is 5.69 Å². The highest BCUT2D eigenvalue weighted by Crippen LogP contribution is 2.35. The van der Waals surface area contributed by atoms with E-state index in [2.05, 4.69) is 21.1 Å². The van der Waals surface area contributed by atoms with E-state index in [0.717, 1.165) is 30.0 Å². The van der Waals surface area contributed by atoms with Crippen LogP contribution in [0.5, 0.6) is 0 Å². The van der Waals surface area contributed by atoms with Crippen LogP contribution in [-0.4, -0.2) is 25.0 Å². The van der Waals surface area contributed by atoms with Gasteiger partial charge in [0.15, 0.2) is 0 Å². The van der Waals surface area contributed by atoms with Gasteiger partial charge in [-0.3, -0.25) is 9.71 Å². The molecule has 1 aliphatic heterocycles. The van der Waals surface area contributed by atoms with Gasteiger partial charge < -0.3 is 5.32 Å². The maximum Gasteiger partial charge on any atom is 0.242 e. The highest BCUT2D eigenvalue weighted by atomic mass is 35.5. The van der Waals surface area contributed by atoms with Crippen LogP contribution in [-0.2, 0) is 16.4 Å². The summed E-state index contributed by atoms with van der Waals surface area (Å²) >= 11 is 1.35. The summed E-state index contributed by atoms with van der Waals surface area (Å²) in [4.78, 5) is 5.07. The van der Waals surface area contributed by atoms with Crippen LogP contribution in [0.15, 0.2) is 47.6 Å². The van der Waals surface area contributed by atoms with E-state index in [0.29, 0.717) is 5.69 Å². The fourth-order valence-electron chi connectivity index (χ4n) is 2.25. The first-order valence-corrected chi connectivity index (χ1v) is 9.66. The van der Waals surface area contributed by atoms with Crippen LogP contribution in [0.4, 0.5) is 11.4 Å². The summed E-state index contributed by atoms with van der Waals surface area (Å²) in [6, 6.07) is 9.73. The minimum absolute atomic E-state index is 0. The number of aromatic nitrogens is 1. The summed E-state index contributed by atoms with van der Waals surface area (Å²) in [7, 11) is -3.17. The number of benzene rings is 1. The van der Waals surface area contributed by atoms with Gasteiger partial charge in [0, 0.05) is 29.5 Å². The zero-order valence-corrected chi connectivity index (χ0v) is 16.0. The fourth-order valence-corrected chi connectivity index (χ4v) is 4.67. The van der Waals surface area contributed by atoms with Gasteiger partial charge >= 0.3 is 0 Å². The lowest BCUT2D eigenvalue weighted by Gasteiger charge is -2.18. The van der Waals surface area contributed by atoms with Crippen molar-refractivity contribution in [2.24, 2.45) is 0 Å². The largest absolute Gasteiger partial charge is 0.385 e. The van der Waals surface area contributed by atoms with Crippen molar-refractivity contribution in [1.29, 1.82) is 0 Å². The summed E-state index contributed by atoms with van der Waals surface area (Å²) < 4.78 is 25.6. The molecule has 3 rings (SSSR count). The van der Waals surface area contributed by atoms with Crippen molar-refractivity contribution < 1.29 is 8.42 Å². The Hall–Kier alpha value is -1.15. The fraction of sp³-hybridized carbons (Fsp3) is 0.267. The van der Waals surface area contributed by atoms with E-state index in [-0.39, 0.29) is 29.9 Å². The Labute approximate surface area is 158 Å². The lowest BCUT2D eigenvalue weighted by Crippen LogP contribution is -2.19. The van der Waals surface area contributed by atoms with Crippen molar-refractivity contribution in [3.05, 3.63) is 48.3 Å². The molecule has 1 aliphatic rings. The van der Waals surface area contributed by atoms with E-state index in [1.165, 1.54) is 17.3 Å². The number of hydrogen-bond donors (Lipinski definition) is 2. The first kappa shape index (κ1) is 20.9. The van der Waals surface area contributed by atoms with E-state index in [4.69, 9.17) is 0 Å². The Morgan fingerprint density at radius 3 is 2.83 bits per heavy atom. The van der Waals surface area contributed by atoms with Gasteiger partial charge in [0.1, 0.15) is 5.08 Å². The maximum atomic E-state index is 11.5. The molecule has 0 unspecified atom stereocenters. The second kappa shape index (κ2) is 9.36. The molecule has 0 saturated carbocycles. The Morgan fingerprint density at radius 2 is 2.08 bits per heavy atom. The molecule has 1 aromatic carbocycles. The van der Waals surface area contributed by atoms with Crippen molar-refractivity contribution in [2.45, 2.75) is 17.7 Å². The van der Waals surface area contributed by atoms with Crippen LogP contribution < -0.4 is 10.0 Å². The van der Waals surface area contributed by atoms with Crippen molar-refractivity contribution in [2.75, 3.05) is 21.7 Å². The molecule has 24 heavy (non-hydrogen) atoms. The number of rotatable bonds is 5. The smallest absolute Gasteiger partial charge is 0.242 e. The molecular weight excluding hydrogens is 389 g/mol. The average Bonchev–Trinajstić information content (AvgIpc) is 2.52. The molecule has 0 atom stereocenters. The summed E-state index contributed by atoms with van der Waals surface area (Å²) in [6.45, 7) is 0.865. The van der Waals surface area contributed by atoms with Crippen LogP contribution in [0, 0.1) is 0 Å². The minimum Gasteiger partial charge on any atom is -0.385 e. The van der Waals surface area contributed by atoms with Crippen molar-refractivity contribution in [1.82, 2.24) is 4.98 Å². The first-order valence-electron chi connectivity index (χ1n) is 7.02. The number of halogens is 2. The number of pyridine rings is 1. The van der Waals surface area contributed by atoms with E-state index < -0.39 is 10.0 Å². The summed E-state index contributed by atoms with van der Waals surface area (Å²) in [5, 5.41) is 3.45. The Balaban J connectivity index is 0.00000144. The molecule has 9 heteroatoms. The van der Waals surface area contributed by atoms with Crippen LogP contribution in [0.2, 0.25) is 0 Å². The minimum atomic E-state index is -3.17. The van der Waals surface area contributed by atoms with Gasteiger partial charge in [0.2, 0.25) is 10.0 Å². The summed E-state index contributed by atoms with van der Waals surface area (Å²) in [6.07, 6.45) is 5.67. The Morgan fingerprint density at radius 1 is 1.25 bits per heavy atom. The molecule has 0 amide bonds. The van der Waals surface area contributed by atoms with E-state index in [1.54, 1.807) is 6.20 Å². The number of nitrogens with one attached hydrogen (secondary N) is 2. The lowest BCUT2D eigenvalue weighted by atomic mass is 10.1. The molecule has 1 aromatic heterocycles. The average molecular weight is 408 g/mol. The van der Waals surface area contributed by atoms with Crippen molar-refractivity contribution >= 4 is 58.0 Å². The molecule has 2 heterocycles. The zero-order chi connectivity index (χ0) is 15.4. The highest BCUT2D eigenvalue weighted by molar-refractivity contribution is 8.13. The maximum absolute atomic E-state index is 11.5. The summed E-state index contributed by atoms with van der Waals surface area (Å²) in [5.41, 5.74) is 2.91. The van der Waals surface area contributed by atoms with Crippen molar-refractivity contribution in [3.63, 3.8) is 0 Å². The van der Waals surface area contributed by atoms with Gasteiger partial charge in [-0.15, -0.1) is 36.6 Å². The second-order valence-electron chi connectivity index (χ2n) is 5.08. The third kappa shape index (κ3) is 5.73. The molecule has 5 nitrogen and oxygen atoms in total. The van der Waals surface area contributed by atoms with Crippen LogP contribution in [0.3, 0.4) is 0 Å².